The molecule has 8 aromatic carbocycles. The quantitative estimate of drug-likeness (QED) is 0.164. The van der Waals surface area contributed by atoms with Crippen LogP contribution in [0.5, 0.6) is 0 Å². The smallest absolute Gasteiger partial charge is 0.164 e. The fourth-order valence-electron chi connectivity index (χ4n) is 8.92. The Bertz CT molecular complexity index is 3430. The maximum Gasteiger partial charge on any atom is 0.164 e. The molecule has 1 atom stereocenters. The van der Waals surface area contributed by atoms with Crippen molar-refractivity contribution < 1.29 is 4.42 Å². The van der Waals surface area contributed by atoms with Gasteiger partial charge in [-0.2, -0.15) is 0 Å². The molecule has 0 N–H and O–H groups in total. The summed E-state index contributed by atoms with van der Waals surface area (Å²) in [7, 11) is 0. The summed E-state index contributed by atoms with van der Waals surface area (Å²) >= 11 is 1.80. The summed E-state index contributed by atoms with van der Waals surface area (Å²) < 4.78 is 9.02. The molecule has 1 unspecified atom stereocenters. The average molecular weight is 760 g/mol. The first kappa shape index (κ1) is 33.0. The highest BCUT2D eigenvalue weighted by atomic mass is 32.1. The van der Waals surface area contributed by atoms with Gasteiger partial charge in [0.1, 0.15) is 11.3 Å². The highest BCUT2D eigenvalue weighted by molar-refractivity contribution is 7.25. The molecule has 0 radical (unpaired) electrons. The van der Waals surface area contributed by atoms with Crippen molar-refractivity contribution in [2.24, 2.45) is 0 Å². The summed E-state index contributed by atoms with van der Waals surface area (Å²) in [6, 6.07) is 60.2. The van der Waals surface area contributed by atoms with E-state index in [1.165, 1.54) is 58.2 Å². The van der Waals surface area contributed by atoms with Crippen molar-refractivity contribution in [1.29, 1.82) is 0 Å². The Morgan fingerprint density at radius 3 is 1.95 bits per heavy atom. The molecule has 272 valence electrons. The fourth-order valence-corrected chi connectivity index (χ4v) is 10.1. The maximum atomic E-state index is 6.53. The van der Waals surface area contributed by atoms with Crippen LogP contribution in [0.15, 0.2) is 180 Å². The van der Waals surface area contributed by atoms with E-state index in [1.54, 1.807) is 11.3 Å². The molecule has 3 heterocycles. The van der Waals surface area contributed by atoms with Gasteiger partial charge in [0.25, 0.3) is 0 Å². The third-order valence-electron chi connectivity index (χ3n) is 11.7. The molecule has 0 saturated heterocycles. The van der Waals surface area contributed by atoms with Crippen LogP contribution in [0.4, 0.5) is 0 Å². The lowest BCUT2D eigenvalue weighted by Crippen LogP contribution is -2.05. The van der Waals surface area contributed by atoms with Gasteiger partial charge >= 0.3 is 0 Å². The number of hydrogen-bond donors (Lipinski definition) is 0. The minimum Gasteiger partial charge on any atom is -0.456 e. The van der Waals surface area contributed by atoms with Crippen LogP contribution in [0.2, 0.25) is 0 Å². The second-order valence-corrected chi connectivity index (χ2v) is 16.2. The van der Waals surface area contributed by atoms with Gasteiger partial charge in [0.15, 0.2) is 17.5 Å². The lowest BCUT2D eigenvalue weighted by Gasteiger charge is -2.21. The number of thiophene rings is 1. The topological polar surface area (TPSA) is 51.8 Å². The summed E-state index contributed by atoms with van der Waals surface area (Å²) in [5, 5.41) is 8.87. The van der Waals surface area contributed by atoms with Gasteiger partial charge in [-0.3, -0.25) is 0 Å². The van der Waals surface area contributed by atoms with Gasteiger partial charge in [-0.1, -0.05) is 152 Å². The van der Waals surface area contributed by atoms with E-state index in [2.05, 4.69) is 164 Å². The van der Waals surface area contributed by atoms with Gasteiger partial charge in [-0.05, 0) is 75.0 Å². The molecule has 11 aromatic rings. The molecule has 0 amide bonds. The molecular formula is C53H33N3OS. The maximum absolute atomic E-state index is 6.53. The van der Waals surface area contributed by atoms with Gasteiger partial charge in [-0.25, -0.2) is 15.0 Å². The van der Waals surface area contributed by atoms with Crippen molar-refractivity contribution in [2.45, 2.75) is 12.3 Å². The van der Waals surface area contributed by atoms with E-state index in [1.807, 2.05) is 18.2 Å². The summed E-state index contributed by atoms with van der Waals surface area (Å²) in [5.74, 6) is 3.11. The lowest BCUT2D eigenvalue weighted by molar-refractivity contribution is 0.592. The van der Waals surface area contributed by atoms with Crippen LogP contribution >= 0.6 is 11.3 Å². The molecule has 12 rings (SSSR count). The number of nitrogens with zero attached hydrogens (tertiary/aromatic N) is 3. The molecule has 0 aliphatic heterocycles. The average Bonchev–Trinajstić information content (AvgIpc) is 3.87. The Labute approximate surface area is 338 Å². The molecule has 0 spiro atoms. The van der Waals surface area contributed by atoms with Crippen LogP contribution in [-0.4, -0.2) is 15.0 Å². The standard InChI is InChI=1S/C53H33N3OS/c1-2-11-33(12-3-1)51-54-52(56-53(55-51)37-25-27-43-42-17-8-9-20-48(42)58-49(43)31-37)34-23-21-32(22-24-34)39-18-10-19-47-50(39)45-30-36(26-28-46(45)57-47)44-29-35-13-4-5-14-38(35)40-15-6-7-16-41(40)44/h1-29,31,36H,30H2. The number of fused-ring (bicyclic) bond motifs is 9. The van der Waals surface area contributed by atoms with Gasteiger partial charge in [-0.15, -0.1) is 11.3 Å². The van der Waals surface area contributed by atoms with Gasteiger partial charge in [0, 0.05) is 53.7 Å². The fraction of sp³-hybridized carbons (Fsp3) is 0.0377. The number of furan rings is 1. The Morgan fingerprint density at radius 1 is 0.483 bits per heavy atom. The van der Waals surface area contributed by atoms with Crippen LogP contribution in [0.25, 0.3) is 104 Å². The second-order valence-electron chi connectivity index (χ2n) is 15.1. The van der Waals surface area contributed by atoms with Crippen molar-refractivity contribution >= 4 is 70.1 Å². The van der Waals surface area contributed by atoms with Crippen molar-refractivity contribution in [2.75, 3.05) is 0 Å². The molecular weight excluding hydrogens is 727 g/mol. The van der Waals surface area contributed by atoms with Gasteiger partial charge < -0.3 is 4.42 Å². The SMILES string of the molecule is C1=CC(c2cc3ccccc3c3ccccc23)Cc2c1oc1cccc(-c3ccc(-c4nc(-c5ccccc5)nc(-c5ccc6c(c5)sc5ccccc56)n4)cc3)c21. The summed E-state index contributed by atoms with van der Waals surface area (Å²) in [6.45, 7) is 0. The molecule has 0 bridgehead atoms. The Hall–Kier alpha value is -7.21. The van der Waals surface area contributed by atoms with E-state index >= 15 is 0 Å². The monoisotopic (exact) mass is 759 g/mol. The third kappa shape index (κ3) is 5.39. The molecule has 5 heteroatoms. The molecule has 0 fully saturated rings. The van der Waals surface area contributed by atoms with E-state index in [0.717, 1.165) is 45.6 Å². The molecule has 58 heavy (non-hydrogen) atoms. The van der Waals surface area contributed by atoms with Crippen LogP contribution in [0, 0.1) is 0 Å². The van der Waals surface area contributed by atoms with Crippen LogP contribution in [0.1, 0.15) is 22.8 Å². The van der Waals surface area contributed by atoms with Crippen molar-refractivity contribution in [1.82, 2.24) is 15.0 Å². The summed E-state index contributed by atoms with van der Waals surface area (Å²) in [5.41, 5.74) is 8.64. The van der Waals surface area contributed by atoms with Gasteiger partial charge in [0.05, 0.1) is 0 Å². The number of aromatic nitrogens is 3. The number of rotatable bonds is 5. The molecule has 4 nitrogen and oxygen atoms in total. The first-order valence-corrected chi connectivity index (χ1v) is 20.5. The normalized spacial score (nSPS) is 13.9. The highest BCUT2D eigenvalue weighted by Crippen LogP contribution is 2.44. The molecule has 3 aromatic heterocycles. The van der Waals surface area contributed by atoms with Crippen molar-refractivity contribution in [3.8, 4) is 45.3 Å². The lowest BCUT2D eigenvalue weighted by atomic mass is 9.82. The number of hydrogen-bond acceptors (Lipinski definition) is 5. The molecule has 1 aliphatic rings. The Balaban J connectivity index is 0.931. The molecule has 1 aliphatic carbocycles. The van der Waals surface area contributed by atoms with Crippen LogP contribution in [0.3, 0.4) is 0 Å². The minimum atomic E-state index is 0.217. The number of allylic oxidation sites excluding steroid dienone is 1. The van der Waals surface area contributed by atoms with E-state index in [4.69, 9.17) is 19.4 Å². The largest absolute Gasteiger partial charge is 0.456 e. The zero-order valence-corrected chi connectivity index (χ0v) is 32.1. The van der Waals surface area contributed by atoms with Crippen molar-refractivity contribution in [3.63, 3.8) is 0 Å². The second kappa shape index (κ2) is 13.2. The predicted molar refractivity (Wildman–Crippen MR) is 241 cm³/mol. The van der Waals surface area contributed by atoms with Crippen LogP contribution in [-0.2, 0) is 6.42 Å². The Morgan fingerprint density at radius 2 is 1.12 bits per heavy atom. The predicted octanol–water partition coefficient (Wildman–Crippen LogP) is 14.3. The van der Waals surface area contributed by atoms with E-state index in [0.29, 0.717) is 17.5 Å². The van der Waals surface area contributed by atoms with E-state index in [-0.39, 0.29) is 5.92 Å². The molecule has 0 saturated carbocycles. The minimum absolute atomic E-state index is 0.217. The summed E-state index contributed by atoms with van der Waals surface area (Å²) in [4.78, 5) is 15.2. The first-order valence-electron chi connectivity index (χ1n) is 19.7. The summed E-state index contributed by atoms with van der Waals surface area (Å²) in [6.07, 6.45) is 5.37. The van der Waals surface area contributed by atoms with E-state index in [9.17, 15) is 0 Å². The zero-order valence-electron chi connectivity index (χ0n) is 31.3. The third-order valence-corrected chi connectivity index (χ3v) is 12.8. The van der Waals surface area contributed by atoms with Crippen LogP contribution < -0.4 is 0 Å². The highest BCUT2D eigenvalue weighted by Gasteiger charge is 2.25. The van der Waals surface area contributed by atoms with Gasteiger partial charge in [0.2, 0.25) is 0 Å². The number of benzene rings is 8. The van der Waals surface area contributed by atoms with Crippen molar-refractivity contribution in [3.05, 3.63) is 193 Å². The first-order chi connectivity index (χ1) is 28.7. The van der Waals surface area contributed by atoms with E-state index < -0.39 is 0 Å². The zero-order chi connectivity index (χ0) is 38.2. The Kier molecular flexibility index (Phi) is 7.50.